The Kier molecular flexibility index (Phi) is 4.28. The highest BCUT2D eigenvalue weighted by molar-refractivity contribution is 6.30. The van der Waals surface area contributed by atoms with E-state index in [2.05, 4.69) is 10.6 Å². The van der Waals surface area contributed by atoms with Crippen LogP contribution < -0.4 is 10.6 Å². The van der Waals surface area contributed by atoms with Gasteiger partial charge in [-0.2, -0.15) is 0 Å². The van der Waals surface area contributed by atoms with Gasteiger partial charge >= 0.3 is 0 Å². The largest absolute Gasteiger partial charge is 0.375 e. The van der Waals surface area contributed by atoms with E-state index in [1.165, 1.54) is 0 Å². The molecule has 0 saturated carbocycles. The number of hydrogen-bond acceptors (Lipinski definition) is 3. The van der Waals surface area contributed by atoms with E-state index in [1.807, 2.05) is 37.3 Å². The SMILES string of the molecule is CCCCC1(O)C(=O)Nc2ccc(Nc3ccc(Cl)cc3)cc21. The Morgan fingerprint density at radius 2 is 1.87 bits per heavy atom. The first-order valence-corrected chi connectivity index (χ1v) is 8.11. The van der Waals surface area contributed by atoms with Crippen LogP contribution in [-0.2, 0) is 10.4 Å². The number of aliphatic hydroxyl groups is 1. The second-order valence-electron chi connectivity index (χ2n) is 5.81. The molecule has 0 aliphatic carbocycles. The number of unbranched alkanes of at least 4 members (excludes halogenated alkanes) is 1. The van der Waals surface area contributed by atoms with Crippen LogP contribution in [0.3, 0.4) is 0 Å². The van der Waals surface area contributed by atoms with Crippen LogP contribution in [0.4, 0.5) is 17.1 Å². The molecule has 1 aliphatic heterocycles. The van der Waals surface area contributed by atoms with Gasteiger partial charge in [0.1, 0.15) is 0 Å². The highest BCUT2D eigenvalue weighted by Gasteiger charge is 2.44. The Morgan fingerprint density at radius 3 is 2.57 bits per heavy atom. The summed E-state index contributed by atoms with van der Waals surface area (Å²) in [6.07, 6.45) is 2.14. The van der Waals surface area contributed by atoms with Crippen LogP contribution in [0.5, 0.6) is 0 Å². The molecular formula is C18H19ClN2O2. The summed E-state index contributed by atoms with van der Waals surface area (Å²) in [6.45, 7) is 2.04. The van der Waals surface area contributed by atoms with E-state index in [9.17, 15) is 9.90 Å². The van der Waals surface area contributed by atoms with Crippen molar-refractivity contribution in [3.63, 3.8) is 0 Å². The normalized spacial score (nSPS) is 19.3. The van der Waals surface area contributed by atoms with E-state index >= 15 is 0 Å². The second-order valence-corrected chi connectivity index (χ2v) is 6.25. The molecule has 1 atom stereocenters. The van der Waals surface area contributed by atoms with E-state index in [1.54, 1.807) is 12.1 Å². The fourth-order valence-electron chi connectivity index (χ4n) is 2.80. The van der Waals surface area contributed by atoms with Crippen LogP contribution in [-0.4, -0.2) is 11.0 Å². The van der Waals surface area contributed by atoms with E-state index in [4.69, 9.17) is 11.6 Å². The average molecular weight is 331 g/mol. The van der Waals surface area contributed by atoms with E-state index in [0.717, 1.165) is 24.2 Å². The molecule has 2 aromatic rings. The molecule has 0 bridgehead atoms. The Bertz CT molecular complexity index is 730. The van der Waals surface area contributed by atoms with Gasteiger partial charge in [-0.3, -0.25) is 4.79 Å². The standard InChI is InChI=1S/C18H19ClN2O2/c1-2-3-10-18(23)15-11-14(8-9-16(15)21-17(18)22)20-13-6-4-12(19)5-7-13/h4-9,11,20,23H,2-3,10H2,1H3,(H,21,22). The van der Waals surface area contributed by atoms with Gasteiger partial charge < -0.3 is 15.7 Å². The first kappa shape index (κ1) is 15.8. The van der Waals surface area contributed by atoms with Gasteiger partial charge in [-0.25, -0.2) is 0 Å². The lowest BCUT2D eigenvalue weighted by Gasteiger charge is -2.21. The third-order valence-electron chi connectivity index (χ3n) is 4.11. The molecule has 0 spiro atoms. The number of hydrogen-bond donors (Lipinski definition) is 3. The van der Waals surface area contributed by atoms with E-state index in [0.29, 0.717) is 22.7 Å². The van der Waals surface area contributed by atoms with Crippen molar-refractivity contribution in [1.29, 1.82) is 0 Å². The maximum absolute atomic E-state index is 12.2. The minimum atomic E-state index is -1.44. The number of carbonyl (C=O) groups is 1. The zero-order valence-electron chi connectivity index (χ0n) is 12.9. The number of rotatable bonds is 5. The number of anilines is 3. The lowest BCUT2D eigenvalue weighted by molar-refractivity contribution is -0.134. The third-order valence-corrected chi connectivity index (χ3v) is 4.37. The van der Waals surface area contributed by atoms with Gasteiger partial charge in [0.05, 0.1) is 0 Å². The first-order chi connectivity index (χ1) is 11.0. The Labute approximate surface area is 140 Å². The zero-order valence-corrected chi connectivity index (χ0v) is 13.7. The number of amides is 1. The molecule has 23 heavy (non-hydrogen) atoms. The summed E-state index contributed by atoms with van der Waals surface area (Å²) in [6, 6.07) is 12.9. The fraction of sp³-hybridized carbons (Fsp3) is 0.278. The molecule has 4 nitrogen and oxygen atoms in total. The summed E-state index contributed by atoms with van der Waals surface area (Å²) < 4.78 is 0. The van der Waals surface area contributed by atoms with Gasteiger partial charge in [-0.05, 0) is 55.3 Å². The molecule has 1 amide bonds. The smallest absolute Gasteiger partial charge is 0.261 e. The zero-order chi connectivity index (χ0) is 16.4. The first-order valence-electron chi connectivity index (χ1n) is 7.74. The molecule has 2 aromatic carbocycles. The molecule has 3 N–H and O–H groups in total. The van der Waals surface area contributed by atoms with Crippen LogP contribution in [0.15, 0.2) is 42.5 Å². The van der Waals surface area contributed by atoms with Gasteiger partial charge in [0.25, 0.3) is 5.91 Å². The van der Waals surface area contributed by atoms with Crippen LogP contribution in [0.1, 0.15) is 31.7 Å². The maximum Gasteiger partial charge on any atom is 0.261 e. The quantitative estimate of drug-likeness (QED) is 0.760. The number of carbonyl (C=O) groups excluding carboxylic acids is 1. The molecule has 0 saturated heterocycles. The van der Waals surface area contributed by atoms with Crippen molar-refractivity contribution in [3.8, 4) is 0 Å². The molecular weight excluding hydrogens is 312 g/mol. The summed E-state index contributed by atoms with van der Waals surface area (Å²) in [5, 5.41) is 17.5. The highest BCUT2D eigenvalue weighted by Crippen LogP contribution is 2.41. The lowest BCUT2D eigenvalue weighted by atomic mass is 9.89. The second kappa shape index (κ2) is 6.22. The lowest BCUT2D eigenvalue weighted by Crippen LogP contribution is -2.34. The van der Waals surface area contributed by atoms with Crippen molar-refractivity contribution in [2.75, 3.05) is 10.6 Å². The molecule has 1 heterocycles. The van der Waals surface area contributed by atoms with Crippen molar-refractivity contribution < 1.29 is 9.90 Å². The Hall–Kier alpha value is -2.04. The summed E-state index contributed by atoms with van der Waals surface area (Å²) in [5.74, 6) is -0.343. The van der Waals surface area contributed by atoms with E-state index in [-0.39, 0.29) is 5.91 Å². The van der Waals surface area contributed by atoms with Crippen LogP contribution in [0.2, 0.25) is 5.02 Å². The van der Waals surface area contributed by atoms with Gasteiger partial charge in [0.2, 0.25) is 0 Å². The molecule has 3 rings (SSSR count). The summed E-state index contributed by atoms with van der Waals surface area (Å²) in [4.78, 5) is 12.2. The molecule has 0 fully saturated rings. The van der Waals surface area contributed by atoms with Crippen molar-refractivity contribution in [1.82, 2.24) is 0 Å². The molecule has 1 aliphatic rings. The third kappa shape index (κ3) is 3.05. The molecule has 1 unspecified atom stereocenters. The molecule has 0 aromatic heterocycles. The predicted molar refractivity (Wildman–Crippen MR) is 93.2 cm³/mol. The molecule has 5 heteroatoms. The number of fused-ring (bicyclic) bond motifs is 1. The van der Waals surface area contributed by atoms with Gasteiger partial charge in [0.15, 0.2) is 5.60 Å². The number of benzene rings is 2. The monoisotopic (exact) mass is 330 g/mol. The minimum Gasteiger partial charge on any atom is -0.375 e. The van der Waals surface area contributed by atoms with Crippen LogP contribution in [0, 0.1) is 0 Å². The Balaban J connectivity index is 1.89. The van der Waals surface area contributed by atoms with Crippen LogP contribution >= 0.6 is 11.6 Å². The van der Waals surface area contributed by atoms with Crippen molar-refractivity contribution >= 4 is 34.6 Å². The average Bonchev–Trinajstić information content (AvgIpc) is 2.79. The number of nitrogens with one attached hydrogen (secondary N) is 2. The fourth-order valence-corrected chi connectivity index (χ4v) is 2.93. The van der Waals surface area contributed by atoms with Gasteiger partial charge in [-0.1, -0.05) is 24.9 Å². The Morgan fingerprint density at radius 1 is 1.17 bits per heavy atom. The molecule has 0 radical (unpaired) electrons. The van der Waals surface area contributed by atoms with E-state index < -0.39 is 5.60 Å². The highest BCUT2D eigenvalue weighted by atomic mass is 35.5. The van der Waals surface area contributed by atoms with Gasteiger partial charge in [-0.15, -0.1) is 0 Å². The van der Waals surface area contributed by atoms with Gasteiger partial charge in [0, 0.05) is 27.6 Å². The maximum atomic E-state index is 12.2. The summed E-state index contributed by atoms with van der Waals surface area (Å²) in [7, 11) is 0. The minimum absolute atomic E-state index is 0.343. The van der Waals surface area contributed by atoms with Crippen molar-refractivity contribution in [2.45, 2.75) is 31.8 Å². The topological polar surface area (TPSA) is 61.4 Å². The van der Waals surface area contributed by atoms with Crippen LogP contribution in [0.25, 0.3) is 0 Å². The summed E-state index contributed by atoms with van der Waals surface area (Å²) in [5.41, 5.74) is 1.58. The summed E-state index contributed by atoms with van der Waals surface area (Å²) >= 11 is 5.89. The number of halogens is 1. The van der Waals surface area contributed by atoms with Crippen molar-refractivity contribution in [3.05, 3.63) is 53.1 Å². The molecule has 120 valence electrons. The van der Waals surface area contributed by atoms with Crippen molar-refractivity contribution in [2.24, 2.45) is 0 Å². The predicted octanol–water partition coefficient (Wildman–Crippen LogP) is 4.41.